The molecule has 144 valence electrons. The summed E-state index contributed by atoms with van der Waals surface area (Å²) in [5.41, 5.74) is -0.349. The van der Waals surface area contributed by atoms with Crippen molar-refractivity contribution in [2.75, 3.05) is 26.1 Å². The van der Waals surface area contributed by atoms with Gasteiger partial charge in [-0.3, -0.25) is 4.90 Å². The maximum atomic E-state index is 12.7. The summed E-state index contributed by atoms with van der Waals surface area (Å²) in [6, 6.07) is 3.07. The Hall–Kier alpha value is -3.28. The molecule has 1 N–H and O–H groups in total. The van der Waals surface area contributed by atoms with E-state index in [-0.39, 0.29) is 22.3 Å². The van der Waals surface area contributed by atoms with E-state index in [4.69, 9.17) is 8.85 Å². The Balaban J connectivity index is 2.49. The van der Waals surface area contributed by atoms with Crippen molar-refractivity contribution in [3.63, 3.8) is 0 Å². The number of ether oxygens (including phenoxy) is 2. The molecule has 2 aromatic rings. The van der Waals surface area contributed by atoms with Crippen LogP contribution in [0.1, 0.15) is 20.3 Å². The van der Waals surface area contributed by atoms with Crippen LogP contribution in [0.3, 0.4) is 0 Å². The van der Waals surface area contributed by atoms with Crippen LogP contribution < -0.4 is 14.4 Å². The van der Waals surface area contributed by atoms with E-state index >= 15 is 0 Å². The van der Waals surface area contributed by atoms with E-state index in [1.165, 1.54) is 32.2 Å². The molecule has 12 heteroatoms. The summed E-state index contributed by atoms with van der Waals surface area (Å²) in [5.74, 6) is -1.60. The van der Waals surface area contributed by atoms with Crippen LogP contribution in [0.4, 0.5) is 10.7 Å². The minimum Gasteiger partial charge on any atom is -0.467 e. The molecular formula is C15H17N5O6S. The van der Waals surface area contributed by atoms with Crippen LogP contribution in [-0.2, 0) is 14.8 Å². The summed E-state index contributed by atoms with van der Waals surface area (Å²) in [6.07, 6.45) is 0. The number of amides is 2. The van der Waals surface area contributed by atoms with E-state index < -0.39 is 39.8 Å². The maximum Gasteiger partial charge on any atom is 0.339 e. The molecule has 0 spiro atoms. The lowest BCUT2D eigenvalue weighted by Gasteiger charge is -2.17. The van der Waals surface area contributed by atoms with E-state index in [0.29, 0.717) is 0 Å². The molecule has 2 amide bonds. The third kappa shape index (κ3) is 4.47. The van der Waals surface area contributed by atoms with E-state index in [0.717, 1.165) is 13.2 Å². The van der Waals surface area contributed by atoms with Crippen LogP contribution in [0.5, 0.6) is 6.01 Å². The van der Waals surface area contributed by atoms with Crippen LogP contribution in [0.25, 0.3) is 0 Å². The summed E-state index contributed by atoms with van der Waals surface area (Å²) < 4.78 is 59.2. The van der Waals surface area contributed by atoms with Crippen LogP contribution in [-0.4, -0.2) is 56.6 Å². The number of sulfonamides is 1. The van der Waals surface area contributed by atoms with Gasteiger partial charge in [-0.2, -0.15) is 15.0 Å². The Labute approximate surface area is 159 Å². The second-order valence-electron chi connectivity index (χ2n) is 4.90. The minimum absolute atomic E-state index is 0.0257. The molecule has 1 aromatic heterocycles. The second-order valence-corrected chi connectivity index (χ2v) is 6.55. The predicted molar refractivity (Wildman–Crippen MR) is 93.0 cm³/mol. The van der Waals surface area contributed by atoms with Gasteiger partial charge >= 0.3 is 18.0 Å². The molecule has 0 saturated heterocycles. The van der Waals surface area contributed by atoms with Crippen molar-refractivity contribution < 1.29 is 31.6 Å². The highest BCUT2D eigenvalue weighted by Gasteiger charge is 2.27. The first-order chi connectivity index (χ1) is 13.9. The van der Waals surface area contributed by atoms with Gasteiger partial charge in [0.1, 0.15) is 10.7 Å². The normalized spacial score (nSPS) is 12.9. The van der Waals surface area contributed by atoms with Gasteiger partial charge in [0.15, 0.2) is 0 Å². The molecule has 0 aliphatic rings. The third-order valence-corrected chi connectivity index (χ3v) is 4.48. The first-order valence-corrected chi connectivity index (χ1v) is 8.70. The van der Waals surface area contributed by atoms with Gasteiger partial charge in [0.25, 0.3) is 10.0 Å². The zero-order valence-electron chi connectivity index (χ0n) is 17.5. The van der Waals surface area contributed by atoms with Crippen LogP contribution in [0, 0.1) is 6.92 Å². The monoisotopic (exact) mass is 398 g/mol. The minimum atomic E-state index is -4.68. The van der Waals surface area contributed by atoms with E-state index in [9.17, 15) is 18.0 Å². The standard InChI is InChI=1S/C15H17N5O6S/c1-9-16-13(18-14(17-9)26-4)20(2)15(22)19-27(23,24)11-8-6-5-7-10(11)12(21)25-3/h5-8H,1-4H3,(H,19,22)/i2D3. The number of hydrogen-bond donors (Lipinski definition) is 1. The maximum absolute atomic E-state index is 12.7. The number of benzene rings is 1. The van der Waals surface area contributed by atoms with Crippen LogP contribution in [0.15, 0.2) is 29.2 Å². The molecule has 27 heavy (non-hydrogen) atoms. The first-order valence-electron chi connectivity index (χ1n) is 8.71. The van der Waals surface area contributed by atoms with Crippen LogP contribution in [0.2, 0.25) is 0 Å². The lowest BCUT2D eigenvalue weighted by molar-refractivity contribution is 0.0596. The van der Waals surface area contributed by atoms with Gasteiger partial charge in [-0.05, 0) is 19.1 Å². The average Bonchev–Trinajstić information content (AvgIpc) is 2.65. The van der Waals surface area contributed by atoms with Crippen molar-refractivity contribution >= 4 is 28.0 Å². The molecule has 0 radical (unpaired) electrons. The molecule has 2 rings (SSSR count). The summed E-state index contributed by atoms with van der Waals surface area (Å²) in [6.45, 7) is -1.77. The zero-order chi connectivity index (χ0) is 22.7. The lowest BCUT2D eigenvalue weighted by atomic mass is 10.2. The highest BCUT2D eigenvalue weighted by atomic mass is 32.2. The van der Waals surface area contributed by atoms with Gasteiger partial charge in [0, 0.05) is 11.1 Å². The predicted octanol–water partition coefficient (Wildman–Crippen LogP) is 0.510. The number of urea groups is 1. The SMILES string of the molecule is [2H]C([2H])([2H])N(C(=O)NS(=O)(=O)c1ccccc1C(=O)OC)c1nc(C)nc(OC)n1. The molecule has 0 aliphatic carbocycles. The van der Waals surface area contributed by atoms with Crippen molar-refractivity contribution in [1.82, 2.24) is 19.7 Å². The highest BCUT2D eigenvalue weighted by molar-refractivity contribution is 7.90. The Morgan fingerprint density at radius 2 is 1.89 bits per heavy atom. The molecular weight excluding hydrogens is 378 g/mol. The van der Waals surface area contributed by atoms with E-state index in [1.807, 2.05) is 0 Å². The Morgan fingerprint density at radius 3 is 2.52 bits per heavy atom. The van der Waals surface area contributed by atoms with Gasteiger partial charge in [0.05, 0.1) is 19.8 Å². The molecule has 11 nitrogen and oxygen atoms in total. The van der Waals surface area contributed by atoms with Crippen molar-refractivity contribution in [3.05, 3.63) is 35.7 Å². The topological polar surface area (TPSA) is 141 Å². The number of carbonyl (C=O) groups is 2. The number of hydrogen-bond acceptors (Lipinski definition) is 9. The molecule has 1 heterocycles. The van der Waals surface area contributed by atoms with Gasteiger partial charge in [0.2, 0.25) is 5.95 Å². The molecule has 0 atom stereocenters. The van der Waals surface area contributed by atoms with Crippen molar-refractivity contribution in [3.8, 4) is 6.01 Å². The second kappa shape index (κ2) is 7.95. The smallest absolute Gasteiger partial charge is 0.339 e. The molecule has 0 bridgehead atoms. The fourth-order valence-electron chi connectivity index (χ4n) is 1.92. The van der Waals surface area contributed by atoms with E-state index in [1.54, 1.807) is 4.72 Å². The third-order valence-electron chi connectivity index (χ3n) is 3.10. The fourth-order valence-corrected chi connectivity index (χ4v) is 3.05. The number of esters is 1. The van der Waals surface area contributed by atoms with Gasteiger partial charge in [-0.1, -0.05) is 12.1 Å². The molecule has 0 fully saturated rings. The largest absolute Gasteiger partial charge is 0.467 e. The Kier molecular flexibility index (Phi) is 4.69. The molecule has 0 unspecified atom stereocenters. The molecule has 0 aliphatic heterocycles. The zero-order valence-corrected chi connectivity index (χ0v) is 15.3. The summed E-state index contributed by atoms with van der Waals surface area (Å²) in [5, 5.41) is 0. The van der Waals surface area contributed by atoms with E-state index in [2.05, 4.69) is 19.7 Å². The Bertz CT molecular complexity index is 1080. The average molecular weight is 398 g/mol. The van der Waals surface area contributed by atoms with Gasteiger partial charge in [-0.15, -0.1) is 0 Å². The van der Waals surface area contributed by atoms with Crippen molar-refractivity contribution in [2.45, 2.75) is 11.8 Å². The molecule has 1 aromatic carbocycles. The number of aryl methyl sites for hydroxylation is 1. The number of aromatic nitrogens is 3. The summed E-state index contributed by atoms with van der Waals surface area (Å²) in [7, 11) is -2.41. The fraction of sp³-hybridized carbons (Fsp3) is 0.267. The molecule has 0 saturated carbocycles. The van der Waals surface area contributed by atoms with Gasteiger partial charge in [-0.25, -0.2) is 22.7 Å². The number of rotatable bonds is 5. The summed E-state index contributed by atoms with van der Waals surface area (Å²) >= 11 is 0. The quantitative estimate of drug-likeness (QED) is 0.713. The lowest BCUT2D eigenvalue weighted by Crippen LogP contribution is -2.42. The first kappa shape index (κ1) is 15.9. The number of anilines is 1. The number of carbonyl (C=O) groups excluding carboxylic acids is 2. The van der Waals surface area contributed by atoms with Gasteiger partial charge < -0.3 is 9.47 Å². The highest BCUT2D eigenvalue weighted by Crippen LogP contribution is 2.17. The number of nitrogens with zero attached hydrogens (tertiary/aromatic N) is 4. The number of methoxy groups -OCH3 is 2. The number of nitrogens with one attached hydrogen (secondary N) is 1. The van der Waals surface area contributed by atoms with Crippen LogP contribution >= 0.6 is 0 Å². The van der Waals surface area contributed by atoms with Crippen molar-refractivity contribution in [1.29, 1.82) is 0 Å². The van der Waals surface area contributed by atoms with Crippen molar-refractivity contribution in [2.24, 2.45) is 0 Å². The Morgan fingerprint density at radius 1 is 1.19 bits per heavy atom. The summed E-state index contributed by atoms with van der Waals surface area (Å²) in [4.78, 5) is 35.2.